The van der Waals surface area contributed by atoms with E-state index in [1.807, 2.05) is 32.3 Å². The van der Waals surface area contributed by atoms with E-state index in [0.29, 0.717) is 85.0 Å². The van der Waals surface area contributed by atoms with E-state index in [2.05, 4.69) is 38.0 Å². The number of aromatic nitrogens is 2. The van der Waals surface area contributed by atoms with Crippen molar-refractivity contribution in [3.05, 3.63) is 106 Å². The van der Waals surface area contributed by atoms with E-state index >= 15 is 4.39 Å². The number of hydrogen-bond acceptors (Lipinski definition) is 11. The average Bonchev–Trinajstić information content (AvgIpc) is 3.86. The molecule has 1 aromatic heterocycles. The Morgan fingerprint density at radius 2 is 1.68 bits per heavy atom. The normalized spacial score (nSPS) is 16.3. The summed E-state index contributed by atoms with van der Waals surface area (Å²) in [7, 11) is 7.00. The number of hydrogen-bond donors (Lipinski definition) is 5. The van der Waals surface area contributed by atoms with Crippen molar-refractivity contribution in [2.45, 2.75) is 50.7 Å². The Morgan fingerprint density at radius 3 is 2.38 bits per heavy atom. The molecule has 0 saturated carbocycles. The van der Waals surface area contributed by atoms with Crippen LogP contribution in [-0.2, 0) is 31.0 Å². The van der Waals surface area contributed by atoms with Crippen molar-refractivity contribution in [3.63, 3.8) is 0 Å². The van der Waals surface area contributed by atoms with E-state index < -0.39 is 29.4 Å². The second-order valence-corrected chi connectivity index (χ2v) is 16.2. The van der Waals surface area contributed by atoms with Gasteiger partial charge in [0.25, 0.3) is 5.91 Å². The molecule has 3 saturated heterocycles. The smallest absolute Gasteiger partial charge is 0.329 e. The number of nitrogens with zero attached hydrogens (tertiary/aromatic N) is 4. The molecule has 3 aliphatic rings. The quantitative estimate of drug-likeness (QED) is 0.0522. The summed E-state index contributed by atoms with van der Waals surface area (Å²) in [5, 5.41) is 19.3. The lowest BCUT2D eigenvalue weighted by atomic mass is 9.94. The molecule has 5 aromatic rings. The summed E-state index contributed by atoms with van der Waals surface area (Å²) in [5.74, 6) is 3.70. The molecule has 1 unspecified atom stereocenters. The first-order valence-corrected chi connectivity index (χ1v) is 21.8. The predicted octanol–water partition coefficient (Wildman–Crippen LogP) is 4.98. The van der Waals surface area contributed by atoms with Gasteiger partial charge in [0.1, 0.15) is 30.5 Å². The lowest BCUT2D eigenvalue weighted by molar-refractivity contribution is -0.135. The minimum atomic E-state index is -0.872. The highest BCUT2D eigenvalue weighted by molar-refractivity contribution is 6.48. The van der Waals surface area contributed by atoms with Gasteiger partial charge in [-0.3, -0.25) is 43.8 Å². The van der Waals surface area contributed by atoms with Crippen molar-refractivity contribution in [3.8, 4) is 23.0 Å². The largest absolute Gasteiger partial charge is 0.387 e. The van der Waals surface area contributed by atoms with Crippen molar-refractivity contribution in [1.82, 2.24) is 19.8 Å². The van der Waals surface area contributed by atoms with E-state index in [4.69, 9.17) is 10.1 Å². The van der Waals surface area contributed by atoms with Gasteiger partial charge in [-0.05, 0) is 88.3 Å². The Kier molecular flexibility index (Phi) is 14.5. The molecule has 4 amide bonds. The fourth-order valence-electron chi connectivity index (χ4n) is 8.65. The summed E-state index contributed by atoms with van der Waals surface area (Å²) in [6.45, 7) is 1.88. The van der Waals surface area contributed by atoms with E-state index in [1.54, 1.807) is 72.1 Å². The van der Waals surface area contributed by atoms with Crippen LogP contribution in [0, 0.1) is 23.1 Å². The van der Waals surface area contributed by atoms with Gasteiger partial charge in [0.15, 0.2) is 0 Å². The van der Waals surface area contributed by atoms with Crippen molar-refractivity contribution < 1.29 is 33.1 Å². The third kappa shape index (κ3) is 9.65. The molecule has 4 aromatic carbocycles. The predicted molar refractivity (Wildman–Crippen MR) is 252 cm³/mol. The Bertz CT molecular complexity index is 2850. The van der Waals surface area contributed by atoms with Gasteiger partial charge >= 0.3 is 5.69 Å². The van der Waals surface area contributed by atoms with Crippen LogP contribution >= 0.6 is 0 Å². The van der Waals surface area contributed by atoms with Crippen LogP contribution in [0.5, 0.6) is 0 Å². The molecule has 3 fully saturated rings. The number of carbonyl (C=O) groups excluding carboxylic acids is 5. The minimum Gasteiger partial charge on any atom is -0.387 e. The number of amides is 4. The van der Waals surface area contributed by atoms with Gasteiger partial charge in [-0.1, -0.05) is 36.1 Å². The third-order valence-corrected chi connectivity index (χ3v) is 11.8. The number of piperidine rings is 2. The summed E-state index contributed by atoms with van der Waals surface area (Å²) in [6.07, 6.45) is 3.40. The number of rotatable bonds is 11. The number of aryl methyl sites for hydroxylation is 1. The van der Waals surface area contributed by atoms with Crippen LogP contribution in [0.25, 0.3) is 22.2 Å². The lowest BCUT2D eigenvalue weighted by Gasteiger charge is -2.33. The second kappa shape index (κ2) is 20.6. The number of halogens is 1. The molecule has 3 aliphatic heterocycles. The zero-order valence-corrected chi connectivity index (χ0v) is 37.3. The summed E-state index contributed by atoms with van der Waals surface area (Å²) >= 11 is 0. The zero-order valence-electron chi connectivity index (χ0n) is 37.3. The van der Waals surface area contributed by atoms with Gasteiger partial charge < -0.3 is 30.5 Å². The molecule has 0 aliphatic carbocycles. The van der Waals surface area contributed by atoms with E-state index in [1.165, 1.54) is 10.6 Å². The number of imide groups is 1. The van der Waals surface area contributed by atoms with Crippen molar-refractivity contribution in [2.75, 3.05) is 67.8 Å². The average molecular weight is 898 g/mol. The fraction of sp³-hybridized carbons (Fsp3) is 0.327. The van der Waals surface area contributed by atoms with Crippen LogP contribution in [0.1, 0.15) is 66.1 Å². The first kappa shape index (κ1) is 46.6. The van der Waals surface area contributed by atoms with E-state index in [0.717, 1.165) is 5.69 Å². The van der Waals surface area contributed by atoms with Crippen LogP contribution < -0.4 is 36.8 Å². The Hall–Kier alpha value is -7.42. The number of ether oxygens (including phenoxy) is 1. The van der Waals surface area contributed by atoms with Crippen LogP contribution in [0.2, 0.25) is 0 Å². The number of anilines is 4. The van der Waals surface area contributed by atoms with Crippen molar-refractivity contribution >= 4 is 69.4 Å². The standard InChI is InChI=1S/C47H45FN8O7.C2H7N/c1-50-35-16-15-34(42(48)41(35)43(49)46(61)51-30-9-3-7-28(25-30)27-57)33-14-13-31(55-21-5-12-40(55)59)26-29(33)8-6-24-63-32-19-22-54(23-20-32)36-10-4-11-37-44(36)53(2)47(62)56(37)38-17-18-39(58)52-45(38)60;1-3-2/h3-4,7,9-11,13-16,25-27,32,38,49-50H,5,12,17-24H2,1-2H3,(H,51,61)(H,52,58,60);3H,1-2H3. The molecule has 342 valence electrons. The maximum absolute atomic E-state index is 16.8. The number of aldehydes is 1. The first-order chi connectivity index (χ1) is 31.9. The maximum Gasteiger partial charge on any atom is 0.329 e. The molecule has 0 spiro atoms. The van der Waals surface area contributed by atoms with E-state index in [9.17, 15) is 28.8 Å². The van der Waals surface area contributed by atoms with Gasteiger partial charge in [-0.15, -0.1) is 0 Å². The Morgan fingerprint density at radius 1 is 0.939 bits per heavy atom. The number of benzene rings is 4. The highest BCUT2D eigenvalue weighted by Gasteiger charge is 2.33. The van der Waals surface area contributed by atoms with Crippen LogP contribution in [0.15, 0.2) is 77.6 Å². The molecule has 5 N–H and O–H groups in total. The number of para-hydroxylation sites is 1. The molecule has 66 heavy (non-hydrogen) atoms. The van der Waals surface area contributed by atoms with Crippen LogP contribution in [0.3, 0.4) is 0 Å². The number of fused-ring (bicyclic) bond motifs is 1. The topological polar surface area (TPSA) is 200 Å². The Labute approximate surface area is 381 Å². The summed E-state index contributed by atoms with van der Waals surface area (Å²) < 4.78 is 26.0. The van der Waals surface area contributed by atoms with Gasteiger partial charge in [-0.25, -0.2) is 9.18 Å². The number of nitrogens with one attached hydrogen (secondary N) is 5. The summed E-state index contributed by atoms with van der Waals surface area (Å²) in [5.41, 5.74) is 3.34. The fourth-order valence-corrected chi connectivity index (χ4v) is 8.65. The van der Waals surface area contributed by atoms with Gasteiger partial charge in [-0.2, -0.15) is 0 Å². The van der Waals surface area contributed by atoms with Gasteiger partial charge in [0.05, 0.1) is 28.4 Å². The first-order valence-electron chi connectivity index (χ1n) is 21.8. The molecular weight excluding hydrogens is 846 g/mol. The molecular formula is C49H52FN9O7. The number of carbonyl (C=O) groups is 5. The molecule has 0 radical (unpaired) electrons. The van der Waals surface area contributed by atoms with Gasteiger partial charge in [0.2, 0.25) is 17.7 Å². The second-order valence-electron chi connectivity index (χ2n) is 16.2. The zero-order chi connectivity index (χ0) is 47.1. The molecule has 4 heterocycles. The van der Waals surface area contributed by atoms with Crippen LogP contribution in [-0.4, -0.2) is 98.2 Å². The molecule has 17 heteroatoms. The molecule has 1 atom stereocenters. The van der Waals surface area contributed by atoms with E-state index in [-0.39, 0.29) is 65.6 Å². The van der Waals surface area contributed by atoms with Crippen molar-refractivity contribution in [2.24, 2.45) is 7.05 Å². The SMILES string of the molecule is CNC.CNc1ccc(-c2ccc(N3CCCC3=O)cc2C#CCOC2CCN(c3cccc4c3n(C)c(=O)n4C3CCC(=O)NC3=O)CC2)c(F)c1C(=N)C(=O)Nc1cccc(C=O)c1. The molecule has 0 bridgehead atoms. The van der Waals surface area contributed by atoms with Gasteiger partial charge in [0, 0.05) is 85.9 Å². The highest BCUT2D eigenvalue weighted by Crippen LogP contribution is 2.36. The molecule has 8 rings (SSSR count). The Balaban J connectivity index is 0.00000210. The van der Waals surface area contributed by atoms with Crippen molar-refractivity contribution in [1.29, 1.82) is 5.41 Å². The third-order valence-electron chi connectivity index (χ3n) is 11.8. The number of imidazole rings is 1. The molecule has 16 nitrogen and oxygen atoms in total. The minimum absolute atomic E-state index is 0.0216. The summed E-state index contributed by atoms with van der Waals surface area (Å²) in [4.78, 5) is 79.2. The highest BCUT2D eigenvalue weighted by atomic mass is 19.1. The monoisotopic (exact) mass is 897 g/mol. The maximum atomic E-state index is 16.8. The summed E-state index contributed by atoms with van der Waals surface area (Å²) in [6, 6.07) is 19.3. The van der Waals surface area contributed by atoms with Crippen LogP contribution in [0.4, 0.5) is 27.1 Å². The lowest BCUT2D eigenvalue weighted by Crippen LogP contribution is -2.44.